The first-order valence-electron chi connectivity index (χ1n) is 33.3. The van der Waals surface area contributed by atoms with Crippen LogP contribution in [0.5, 0.6) is 0 Å². The predicted octanol–water partition coefficient (Wildman–Crippen LogP) is 16.2. The highest BCUT2D eigenvalue weighted by molar-refractivity contribution is 5.76. The van der Waals surface area contributed by atoms with Crippen molar-refractivity contribution < 1.29 is 49.3 Å². The summed E-state index contributed by atoms with van der Waals surface area (Å²) in [7, 11) is 0. The number of aliphatic hydroxyl groups is 5. The molecule has 11 heteroatoms. The molecule has 458 valence electrons. The van der Waals surface area contributed by atoms with Crippen LogP contribution in [0.3, 0.4) is 0 Å². The molecule has 7 unspecified atom stereocenters. The normalized spacial score (nSPS) is 18.7. The number of unbranched alkanes of at least 4 members (excludes halogenated alkanes) is 40. The standard InChI is InChI=1S/C67H125NO10/c1-3-5-7-9-11-13-14-15-28-32-35-39-43-47-51-55-63(72)76-56-52-48-44-40-36-33-30-27-25-23-21-19-17-16-18-20-22-24-26-29-31-34-38-42-46-50-54-62(71)68-59(60(70)53-49-45-41-37-12-10-8-6-4-2)58-77-67-66(75)65(74)64(73)61(57-69)78-67/h12,16,18,37,49,53,59-61,64-67,69-70,73-75H,3-11,13-15,17,19-36,38-48,50-52,54-58H2,1-2H3,(H,68,71)/b18-16-,37-12+,53-49+. The molecule has 0 aliphatic carbocycles. The Kier molecular flexibility index (Phi) is 53.7. The summed E-state index contributed by atoms with van der Waals surface area (Å²) in [6, 6.07) is -0.827. The third kappa shape index (κ3) is 45.5. The molecular formula is C67H125NO10. The summed E-state index contributed by atoms with van der Waals surface area (Å²) >= 11 is 0. The van der Waals surface area contributed by atoms with E-state index in [9.17, 15) is 35.1 Å². The first-order chi connectivity index (χ1) is 38.2. The van der Waals surface area contributed by atoms with E-state index < -0.39 is 49.5 Å². The summed E-state index contributed by atoms with van der Waals surface area (Å²) in [5.74, 6) is -0.189. The molecule has 0 saturated carbocycles. The van der Waals surface area contributed by atoms with Crippen LogP contribution in [-0.2, 0) is 23.8 Å². The van der Waals surface area contributed by atoms with Crippen molar-refractivity contribution in [2.75, 3.05) is 19.8 Å². The van der Waals surface area contributed by atoms with Gasteiger partial charge in [0.15, 0.2) is 6.29 Å². The molecule has 11 nitrogen and oxygen atoms in total. The highest BCUT2D eigenvalue weighted by Crippen LogP contribution is 2.23. The Bertz CT molecular complexity index is 1390. The van der Waals surface area contributed by atoms with Gasteiger partial charge in [-0.3, -0.25) is 9.59 Å². The fourth-order valence-electron chi connectivity index (χ4n) is 10.4. The minimum absolute atomic E-state index is 0.00688. The number of aliphatic hydroxyl groups excluding tert-OH is 5. The molecule has 6 N–H and O–H groups in total. The van der Waals surface area contributed by atoms with Gasteiger partial charge in [-0.1, -0.05) is 269 Å². The quantitative estimate of drug-likeness (QED) is 0.0195. The van der Waals surface area contributed by atoms with Crippen molar-refractivity contribution in [2.24, 2.45) is 0 Å². The van der Waals surface area contributed by atoms with E-state index in [1.807, 2.05) is 6.08 Å². The van der Waals surface area contributed by atoms with Crippen molar-refractivity contribution in [3.8, 4) is 0 Å². The molecule has 0 radical (unpaired) electrons. The average molecular weight is 1100 g/mol. The largest absolute Gasteiger partial charge is 0.466 e. The summed E-state index contributed by atoms with van der Waals surface area (Å²) in [6.45, 7) is 4.30. The van der Waals surface area contributed by atoms with Gasteiger partial charge in [0.1, 0.15) is 24.4 Å². The van der Waals surface area contributed by atoms with Crippen molar-refractivity contribution >= 4 is 11.9 Å². The highest BCUT2D eigenvalue weighted by atomic mass is 16.7. The number of nitrogens with one attached hydrogen (secondary N) is 1. The van der Waals surface area contributed by atoms with Gasteiger partial charge in [-0.15, -0.1) is 0 Å². The number of hydrogen-bond donors (Lipinski definition) is 6. The van der Waals surface area contributed by atoms with Crippen LogP contribution in [0.4, 0.5) is 0 Å². The number of allylic oxidation sites excluding steroid dienone is 5. The number of hydrogen-bond acceptors (Lipinski definition) is 10. The zero-order valence-corrected chi connectivity index (χ0v) is 50.6. The number of ether oxygens (including phenoxy) is 3. The maximum Gasteiger partial charge on any atom is 0.305 e. The Balaban J connectivity index is 1.95. The molecule has 0 spiro atoms. The fourth-order valence-corrected chi connectivity index (χ4v) is 10.4. The van der Waals surface area contributed by atoms with Crippen LogP contribution in [0.15, 0.2) is 36.5 Å². The lowest BCUT2D eigenvalue weighted by Gasteiger charge is -2.40. The Hall–Kier alpha value is -2.12. The second-order valence-corrected chi connectivity index (χ2v) is 23.2. The number of amides is 1. The summed E-state index contributed by atoms with van der Waals surface area (Å²) in [5, 5.41) is 54.2. The molecular weight excluding hydrogens is 979 g/mol. The first kappa shape index (κ1) is 73.9. The molecule has 1 heterocycles. The Morgan fingerprint density at radius 1 is 0.462 bits per heavy atom. The van der Waals surface area contributed by atoms with Gasteiger partial charge in [0, 0.05) is 12.8 Å². The van der Waals surface area contributed by atoms with Crippen LogP contribution < -0.4 is 5.32 Å². The molecule has 1 rings (SSSR count). The first-order valence-corrected chi connectivity index (χ1v) is 33.3. The SMILES string of the molecule is CCCCC/C=C/CC/C=C/C(O)C(COC1OC(CO)C(O)C(O)C1O)NC(=O)CCCCCCCCCCCC/C=C\CCCCCCCCCCCCCCOC(=O)CCCCCCCCCCCCCCCCC. The Morgan fingerprint density at radius 2 is 0.833 bits per heavy atom. The monoisotopic (exact) mass is 1100 g/mol. The lowest BCUT2D eigenvalue weighted by molar-refractivity contribution is -0.302. The van der Waals surface area contributed by atoms with Crippen molar-refractivity contribution in [1.29, 1.82) is 0 Å². The van der Waals surface area contributed by atoms with E-state index in [4.69, 9.17) is 14.2 Å². The maximum atomic E-state index is 13.0. The van der Waals surface area contributed by atoms with E-state index >= 15 is 0 Å². The van der Waals surface area contributed by atoms with Gasteiger partial charge >= 0.3 is 5.97 Å². The third-order valence-corrected chi connectivity index (χ3v) is 15.7. The zero-order valence-electron chi connectivity index (χ0n) is 50.6. The lowest BCUT2D eigenvalue weighted by Crippen LogP contribution is -2.60. The maximum absolute atomic E-state index is 13.0. The minimum atomic E-state index is -1.58. The molecule has 0 bridgehead atoms. The average Bonchev–Trinajstić information content (AvgIpc) is 3.44. The molecule has 7 atom stereocenters. The second-order valence-electron chi connectivity index (χ2n) is 23.2. The zero-order chi connectivity index (χ0) is 56.6. The third-order valence-electron chi connectivity index (χ3n) is 15.7. The van der Waals surface area contributed by atoms with Gasteiger partial charge in [0.2, 0.25) is 5.91 Å². The number of carbonyl (C=O) groups is 2. The number of esters is 1. The molecule has 1 aliphatic heterocycles. The summed E-state index contributed by atoms with van der Waals surface area (Å²) in [5.41, 5.74) is 0. The molecule has 0 aromatic rings. The van der Waals surface area contributed by atoms with Crippen LogP contribution in [0, 0.1) is 0 Å². The molecule has 1 aliphatic rings. The fraction of sp³-hybridized carbons (Fsp3) is 0.881. The summed E-state index contributed by atoms with van der Waals surface area (Å²) < 4.78 is 16.7. The number of carbonyl (C=O) groups excluding carboxylic acids is 2. The van der Waals surface area contributed by atoms with Gasteiger partial charge in [-0.05, 0) is 70.6 Å². The molecule has 1 fully saturated rings. The smallest absolute Gasteiger partial charge is 0.305 e. The number of rotatable bonds is 58. The van der Waals surface area contributed by atoms with Crippen molar-refractivity contribution in [2.45, 2.75) is 358 Å². The molecule has 1 saturated heterocycles. The van der Waals surface area contributed by atoms with Crippen LogP contribution in [0.2, 0.25) is 0 Å². The van der Waals surface area contributed by atoms with Crippen LogP contribution in [-0.4, -0.2) is 100 Å². The van der Waals surface area contributed by atoms with Crippen molar-refractivity contribution in [3.05, 3.63) is 36.5 Å². The van der Waals surface area contributed by atoms with Gasteiger partial charge in [-0.2, -0.15) is 0 Å². The minimum Gasteiger partial charge on any atom is -0.466 e. The van der Waals surface area contributed by atoms with Crippen LogP contribution >= 0.6 is 0 Å². The van der Waals surface area contributed by atoms with Gasteiger partial charge in [0.25, 0.3) is 0 Å². The van der Waals surface area contributed by atoms with Gasteiger partial charge in [0.05, 0.1) is 32.0 Å². The summed E-state index contributed by atoms with van der Waals surface area (Å²) in [6.07, 6.45) is 61.4. The molecule has 0 aromatic heterocycles. The van der Waals surface area contributed by atoms with E-state index in [1.54, 1.807) is 6.08 Å². The van der Waals surface area contributed by atoms with E-state index in [2.05, 4.69) is 43.5 Å². The van der Waals surface area contributed by atoms with Gasteiger partial charge in [-0.25, -0.2) is 0 Å². The highest BCUT2D eigenvalue weighted by Gasteiger charge is 2.44. The Morgan fingerprint density at radius 3 is 1.29 bits per heavy atom. The Labute approximate surface area is 479 Å². The topological polar surface area (TPSA) is 175 Å². The molecule has 0 aromatic carbocycles. The van der Waals surface area contributed by atoms with Gasteiger partial charge < -0.3 is 45.1 Å². The van der Waals surface area contributed by atoms with Crippen LogP contribution in [0.1, 0.15) is 316 Å². The van der Waals surface area contributed by atoms with E-state index in [-0.39, 0.29) is 18.5 Å². The van der Waals surface area contributed by atoms with E-state index in [0.29, 0.717) is 19.4 Å². The predicted molar refractivity (Wildman–Crippen MR) is 324 cm³/mol. The van der Waals surface area contributed by atoms with E-state index in [1.165, 1.54) is 231 Å². The molecule has 78 heavy (non-hydrogen) atoms. The summed E-state index contributed by atoms with van der Waals surface area (Å²) in [4.78, 5) is 25.1. The lowest BCUT2D eigenvalue weighted by atomic mass is 9.99. The van der Waals surface area contributed by atoms with Crippen molar-refractivity contribution in [3.63, 3.8) is 0 Å². The van der Waals surface area contributed by atoms with Crippen molar-refractivity contribution in [1.82, 2.24) is 5.32 Å². The molecule has 1 amide bonds. The van der Waals surface area contributed by atoms with Crippen LogP contribution in [0.25, 0.3) is 0 Å². The second kappa shape index (κ2) is 56.7. The van der Waals surface area contributed by atoms with E-state index in [0.717, 1.165) is 57.8 Å².